The Bertz CT molecular complexity index is 831. The van der Waals surface area contributed by atoms with Crippen LogP contribution in [0.1, 0.15) is 62.0 Å². The van der Waals surface area contributed by atoms with E-state index in [4.69, 9.17) is 4.52 Å². The fraction of sp³-hybridized carbons (Fsp3) is 0.615. The van der Waals surface area contributed by atoms with Gasteiger partial charge in [-0.05, 0) is 63.2 Å². The second-order valence-electron chi connectivity index (χ2n) is 9.77. The summed E-state index contributed by atoms with van der Waals surface area (Å²) in [7, 11) is 2.10. The average molecular weight is 439 g/mol. The van der Waals surface area contributed by atoms with Gasteiger partial charge in [0.15, 0.2) is 5.76 Å². The molecule has 32 heavy (non-hydrogen) atoms. The van der Waals surface area contributed by atoms with Gasteiger partial charge in [0, 0.05) is 25.1 Å². The summed E-state index contributed by atoms with van der Waals surface area (Å²) in [6.45, 7) is 3.54. The summed E-state index contributed by atoms with van der Waals surface area (Å²) in [5, 5.41) is 11.2. The van der Waals surface area contributed by atoms with Crippen LogP contribution in [0.2, 0.25) is 0 Å². The van der Waals surface area contributed by atoms with E-state index >= 15 is 0 Å². The topological polar surface area (TPSA) is 70.4 Å². The molecule has 2 N–H and O–H groups in total. The normalized spacial score (nSPS) is 22.2. The maximum atomic E-state index is 12.7. The molecular formula is C26H38N4O2. The number of carbonyl (C=O) groups is 1. The molecule has 1 saturated heterocycles. The molecule has 2 aliphatic rings. The van der Waals surface area contributed by atoms with Crippen LogP contribution in [0.4, 0.5) is 0 Å². The number of benzene rings is 1. The molecule has 0 radical (unpaired) electrons. The van der Waals surface area contributed by atoms with Crippen molar-refractivity contribution in [3.8, 4) is 0 Å². The van der Waals surface area contributed by atoms with Crippen molar-refractivity contribution in [1.29, 1.82) is 0 Å². The number of piperidine rings is 1. The van der Waals surface area contributed by atoms with Gasteiger partial charge in [-0.15, -0.1) is 0 Å². The number of carbonyl (C=O) groups excluding carboxylic acids is 1. The molecule has 1 saturated carbocycles. The molecule has 4 rings (SSSR count). The quantitative estimate of drug-likeness (QED) is 0.621. The van der Waals surface area contributed by atoms with E-state index in [1.807, 2.05) is 6.07 Å². The Kier molecular flexibility index (Phi) is 8.35. The third-order valence-electron chi connectivity index (χ3n) is 6.98. The number of hydrogen-bond acceptors (Lipinski definition) is 5. The van der Waals surface area contributed by atoms with Crippen molar-refractivity contribution in [2.75, 3.05) is 20.1 Å². The smallest absolute Gasteiger partial charge is 0.220 e. The van der Waals surface area contributed by atoms with Crippen LogP contribution in [0.3, 0.4) is 0 Å². The summed E-state index contributed by atoms with van der Waals surface area (Å²) < 4.78 is 5.64. The lowest BCUT2D eigenvalue weighted by Gasteiger charge is -2.32. The Morgan fingerprint density at radius 2 is 1.94 bits per heavy atom. The van der Waals surface area contributed by atoms with E-state index < -0.39 is 0 Å². The summed E-state index contributed by atoms with van der Waals surface area (Å²) in [6.07, 6.45) is 8.63. The Morgan fingerprint density at radius 1 is 1.12 bits per heavy atom. The molecule has 6 nitrogen and oxygen atoms in total. The van der Waals surface area contributed by atoms with Gasteiger partial charge in [0.2, 0.25) is 5.91 Å². The number of rotatable bonds is 9. The largest absolute Gasteiger partial charge is 0.360 e. The summed E-state index contributed by atoms with van der Waals surface area (Å²) in [6, 6.07) is 12.9. The monoisotopic (exact) mass is 438 g/mol. The molecule has 0 spiro atoms. The van der Waals surface area contributed by atoms with Gasteiger partial charge in [0.25, 0.3) is 0 Å². The van der Waals surface area contributed by atoms with Gasteiger partial charge in [0.1, 0.15) is 0 Å². The Labute approximate surface area is 192 Å². The third-order valence-corrected chi connectivity index (χ3v) is 6.98. The van der Waals surface area contributed by atoms with E-state index in [2.05, 4.69) is 58.1 Å². The molecule has 6 heteroatoms. The average Bonchev–Trinajstić information content (AvgIpc) is 3.23. The van der Waals surface area contributed by atoms with Gasteiger partial charge in [-0.1, -0.05) is 54.8 Å². The van der Waals surface area contributed by atoms with Crippen LogP contribution in [-0.2, 0) is 24.3 Å². The molecule has 2 aromatic rings. The van der Waals surface area contributed by atoms with Gasteiger partial charge >= 0.3 is 0 Å². The molecule has 0 unspecified atom stereocenters. The van der Waals surface area contributed by atoms with Crippen molar-refractivity contribution in [1.82, 2.24) is 20.7 Å². The molecule has 1 aromatic heterocycles. The second kappa shape index (κ2) is 11.6. The molecule has 1 aliphatic carbocycles. The molecule has 1 aromatic carbocycles. The van der Waals surface area contributed by atoms with Crippen molar-refractivity contribution >= 4 is 5.91 Å². The van der Waals surface area contributed by atoms with Crippen LogP contribution in [0.25, 0.3) is 0 Å². The lowest BCUT2D eigenvalue weighted by Crippen LogP contribution is -2.42. The van der Waals surface area contributed by atoms with Gasteiger partial charge in [-0.3, -0.25) is 9.69 Å². The summed E-state index contributed by atoms with van der Waals surface area (Å²) in [5.74, 6) is 1.95. The van der Waals surface area contributed by atoms with Crippen LogP contribution in [0, 0.1) is 11.8 Å². The predicted octanol–water partition coefficient (Wildman–Crippen LogP) is 3.91. The zero-order chi connectivity index (χ0) is 22.2. The Morgan fingerprint density at radius 3 is 2.75 bits per heavy atom. The van der Waals surface area contributed by atoms with Gasteiger partial charge in [-0.2, -0.15) is 0 Å². The predicted molar refractivity (Wildman–Crippen MR) is 126 cm³/mol. The number of hydrogen-bond donors (Lipinski definition) is 2. The molecule has 2 atom stereocenters. The minimum atomic E-state index is 0.233. The van der Waals surface area contributed by atoms with E-state index in [9.17, 15) is 4.79 Å². The van der Waals surface area contributed by atoms with Crippen LogP contribution in [0.5, 0.6) is 0 Å². The second-order valence-corrected chi connectivity index (χ2v) is 9.77. The molecule has 2 heterocycles. The molecule has 1 aliphatic heterocycles. The van der Waals surface area contributed by atoms with Gasteiger partial charge in [-0.25, -0.2) is 0 Å². The summed E-state index contributed by atoms with van der Waals surface area (Å²) in [5.41, 5.74) is 2.29. The standard InChI is InChI=1S/C26H38N4O2/c1-30(18-20-8-4-2-5-9-20)19-25-16-24(29-32-25)14-22-17-27-13-12-21(22)15-26(31)28-23-10-6-3-7-11-23/h2,4-5,8-9,16,21-23,27H,3,6-7,10-15,17-19H2,1H3,(H,28,31)/t21-,22+/m0/s1. The third kappa shape index (κ3) is 6.91. The zero-order valence-electron chi connectivity index (χ0n) is 19.4. The van der Waals surface area contributed by atoms with E-state index in [1.165, 1.54) is 24.8 Å². The van der Waals surface area contributed by atoms with Crippen molar-refractivity contribution < 1.29 is 9.32 Å². The van der Waals surface area contributed by atoms with Gasteiger partial charge < -0.3 is 15.2 Å². The lowest BCUT2D eigenvalue weighted by atomic mass is 9.81. The fourth-order valence-electron chi connectivity index (χ4n) is 5.27. The first kappa shape index (κ1) is 23.0. The highest BCUT2D eigenvalue weighted by Gasteiger charge is 2.29. The molecule has 1 amide bonds. The van der Waals surface area contributed by atoms with Crippen LogP contribution >= 0.6 is 0 Å². The minimum absolute atomic E-state index is 0.233. The van der Waals surface area contributed by atoms with E-state index in [0.29, 0.717) is 24.3 Å². The van der Waals surface area contributed by atoms with Crippen molar-refractivity contribution in [3.05, 3.63) is 53.4 Å². The van der Waals surface area contributed by atoms with Crippen molar-refractivity contribution in [3.63, 3.8) is 0 Å². The maximum Gasteiger partial charge on any atom is 0.220 e. The first-order valence-electron chi connectivity index (χ1n) is 12.3. The number of aromatic nitrogens is 1. The highest BCUT2D eigenvalue weighted by Crippen LogP contribution is 2.27. The highest BCUT2D eigenvalue weighted by molar-refractivity contribution is 5.76. The minimum Gasteiger partial charge on any atom is -0.360 e. The van der Waals surface area contributed by atoms with Crippen LogP contribution < -0.4 is 10.6 Å². The van der Waals surface area contributed by atoms with E-state index in [0.717, 1.165) is 63.3 Å². The molecular weight excluding hydrogens is 400 g/mol. The van der Waals surface area contributed by atoms with E-state index in [1.54, 1.807) is 0 Å². The summed E-state index contributed by atoms with van der Waals surface area (Å²) in [4.78, 5) is 14.9. The zero-order valence-corrected chi connectivity index (χ0v) is 19.4. The molecule has 2 fully saturated rings. The lowest BCUT2D eigenvalue weighted by molar-refractivity contribution is -0.123. The SMILES string of the molecule is CN(Cc1ccccc1)Cc1cc(C[C@@H]2CNCC[C@H]2CC(=O)NC2CCCCC2)no1. The van der Waals surface area contributed by atoms with E-state index in [-0.39, 0.29) is 5.91 Å². The first-order chi connectivity index (χ1) is 15.7. The first-order valence-corrected chi connectivity index (χ1v) is 12.3. The maximum absolute atomic E-state index is 12.7. The highest BCUT2D eigenvalue weighted by atomic mass is 16.5. The number of amides is 1. The van der Waals surface area contributed by atoms with Crippen LogP contribution in [-0.4, -0.2) is 42.1 Å². The molecule has 174 valence electrons. The van der Waals surface area contributed by atoms with Gasteiger partial charge in [0.05, 0.1) is 12.2 Å². The van der Waals surface area contributed by atoms with Crippen molar-refractivity contribution in [2.45, 2.75) is 70.5 Å². The van der Waals surface area contributed by atoms with Crippen molar-refractivity contribution in [2.24, 2.45) is 11.8 Å². The number of nitrogens with zero attached hydrogens (tertiary/aromatic N) is 2. The molecule has 0 bridgehead atoms. The van der Waals surface area contributed by atoms with Crippen LogP contribution in [0.15, 0.2) is 40.9 Å². The Balaban J connectivity index is 1.27. The summed E-state index contributed by atoms with van der Waals surface area (Å²) >= 11 is 0. The Hall–Kier alpha value is -2.18. The number of nitrogens with one attached hydrogen (secondary N) is 2. The fourth-order valence-corrected chi connectivity index (χ4v) is 5.27.